The van der Waals surface area contributed by atoms with Crippen LogP contribution in [0.25, 0.3) is 0 Å². The average Bonchev–Trinajstić information content (AvgIpc) is 2.69. The van der Waals surface area contributed by atoms with Gasteiger partial charge in [0.15, 0.2) is 0 Å². The van der Waals surface area contributed by atoms with Gasteiger partial charge in [0.25, 0.3) is 11.8 Å². The molecule has 1 aliphatic heterocycles. The molecule has 0 saturated carbocycles. The first-order valence-electron chi connectivity index (χ1n) is 8.80. The molecule has 0 N–H and O–H groups in total. The molecule has 2 amide bonds. The highest BCUT2D eigenvalue weighted by atomic mass is 16.5. The predicted molar refractivity (Wildman–Crippen MR) is 99.5 cm³/mol. The second-order valence-corrected chi connectivity index (χ2v) is 6.26. The molecule has 136 valence electrons. The van der Waals surface area contributed by atoms with Gasteiger partial charge in [0, 0.05) is 37.7 Å². The van der Waals surface area contributed by atoms with Crippen molar-refractivity contribution in [1.29, 1.82) is 0 Å². The van der Waals surface area contributed by atoms with E-state index in [1.54, 1.807) is 15.9 Å². The number of nitrogens with zero attached hydrogens (tertiary/aromatic N) is 3. The van der Waals surface area contributed by atoms with E-state index in [-0.39, 0.29) is 11.8 Å². The summed E-state index contributed by atoms with van der Waals surface area (Å²) in [5.74, 6) is -0.281. The number of aromatic nitrogens is 1. The average molecular weight is 353 g/mol. The van der Waals surface area contributed by atoms with Crippen LogP contribution in [-0.2, 0) is 4.74 Å². The van der Waals surface area contributed by atoms with Gasteiger partial charge >= 0.3 is 0 Å². The van der Waals surface area contributed by atoms with Gasteiger partial charge in [0.1, 0.15) is 0 Å². The van der Waals surface area contributed by atoms with Gasteiger partial charge in [-0.1, -0.05) is 12.1 Å². The maximum Gasteiger partial charge on any atom is 0.259 e. The van der Waals surface area contributed by atoms with E-state index in [0.717, 1.165) is 11.3 Å². The second kappa shape index (κ2) is 8.10. The predicted octanol–water partition coefficient (Wildman–Crippen LogP) is 2.53. The molecule has 0 radical (unpaired) electrons. The summed E-state index contributed by atoms with van der Waals surface area (Å²) >= 11 is 0. The molecule has 0 bridgehead atoms. The molecule has 1 aliphatic rings. The summed E-state index contributed by atoms with van der Waals surface area (Å²) < 4.78 is 5.28. The molecule has 3 rings (SSSR count). The van der Waals surface area contributed by atoms with Gasteiger partial charge in [-0.05, 0) is 37.6 Å². The van der Waals surface area contributed by atoms with E-state index < -0.39 is 0 Å². The van der Waals surface area contributed by atoms with Crippen LogP contribution in [0.3, 0.4) is 0 Å². The zero-order valence-electron chi connectivity index (χ0n) is 15.1. The molecular formula is C20H23N3O3. The third kappa shape index (κ3) is 3.91. The van der Waals surface area contributed by atoms with Crippen LogP contribution >= 0.6 is 0 Å². The minimum Gasteiger partial charge on any atom is -0.378 e. The molecule has 0 aliphatic carbocycles. The van der Waals surface area contributed by atoms with E-state index in [9.17, 15) is 9.59 Å². The number of anilines is 1. The number of morpholine rings is 1. The quantitative estimate of drug-likeness (QED) is 0.847. The van der Waals surface area contributed by atoms with Gasteiger partial charge in [-0.25, -0.2) is 0 Å². The fraction of sp³-hybridized carbons (Fsp3) is 0.350. The first-order chi connectivity index (χ1) is 12.6. The molecule has 6 heteroatoms. The smallest absolute Gasteiger partial charge is 0.259 e. The molecule has 26 heavy (non-hydrogen) atoms. The zero-order valence-corrected chi connectivity index (χ0v) is 15.1. The Balaban J connectivity index is 1.84. The Bertz CT molecular complexity index is 800. The van der Waals surface area contributed by atoms with Gasteiger partial charge in [-0.15, -0.1) is 0 Å². The van der Waals surface area contributed by atoms with Gasteiger partial charge in [0.05, 0.1) is 24.3 Å². The summed E-state index contributed by atoms with van der Waals surface area (Å²) in [4.78, 5) is 33.2. The third-order valence-electron chi connectivity index (χ3n) is 4.41. The molecular weight excluding hydrogens is 330 g/mol. The van der Waals surface area contributed by atoms with Crippen LogP contribution in [0.15, 0.2) is 42.7 Å². The van der Waals surface area contributed by atoms with Gasteiger partial charge in [-0.3, -0.25) is 14.6 Å². The Labute approximate surface area is 153 Å². The van der Waals surface area contributed by atoms with Crippen molar-refractivity contribution in [3.05, 3.63) is 59.4 Å². The lowest BCUT2D eigenvalue weighted by Gasteiger charge is -2.27. The zero-order chi connectivity index (χ0) is 18.5. The Morgan fingerprint density at radius 3 is 2.58 bits per heavy atom. The van der Waals surface area contributed by atoms with Crippen molar-refractivity contribution < 1.29 is 14.3 Å². The van der Waals surface area contributed by atoms with Gasteiger partial charge in [-0.2, -0.15) is 0 Å². The van der Waals surface area contributed by atoms with E-state index in [4.69, 9.17) is 4.74 Å². The minimum absolute atomic E-state index is 0.117. The van der Waals surface area contributed by atoms with Crippen molar-refractivity contribution in [3.8, 4) is 0 Å². The minimum atomic E-state index is -0.165. The fourth-order valence-electron chi connectivity index (χ4n) is 3.02. The van der Waals surface area contributed by atoms with Crippen LogP contribution in [-0.4, -0.2) is 54.5 Å². The lowest BCUT2D eigenvalue weighted by Crippen LogP contribution is -2.40. The second-order valence-electron chi connectivity index (χ2n) is 6.26. The standard InChI is InChI=1S/C20H23N3O3/c1-3-23(18-6-4-5-15(2)11-18)20(25)17-12-16(13-21-14-17)19(24)22-7-9-26-10-8-22/h4-6,11-14H,3,7-10H2,1-2H3. The topological polar surface area (TPSA) is 62.7 Å². The summed E-state index contributed by atoms with van der Waals surface area (Å²) in [6.07, 6.45) is 3.02. The number of pyridine rings is 1. The SMILES string of the molecule is CCN(C(=O)c1cncc(C(=O)N2CCOCC2)c1)c1cccc(C)c1. The van der Waals surface area contributed by atoms with Gasteiger partial charge < -0.3 is 14.5 Å². The number of amides is 2. The number of carbonyl (C=O) groups excluding carboxylic acids is 2. The van der Waals surface area contributed by atoms with E-state index in [1.807, 2.05) is 38.1 Å². The molecule has 0 spiro atoms. The molecule has 1 fully saturated rings. The van der Waals surface area contributed by atoms with Crippen molar-refractivity contribution in [2.24, 2.45) is 0 Å². The van der Waals surface area contributed by atoms with Crippen LogP contribution in [0.5, 0.6) is 0 Å². The molecule has 1 saturated heterocycles. The highest BCUT2D eigenvalue weighted by molar-refractivity contribution is 6.07. The van der Waals surface area contributed by atoms with E-state index in [2.05, 4.69) is 4.98 Å². The summed E-state index contributed by atoms with van der Waals surface area (Å²) in [5.41, 5.74) is 2.76. The van der Waals surface area contributed by atoms with Crippen molar-refractivity contribution in [2.45, 2.75) is 13.8 Å². The van der Waals surface area contributed by atoms with Crippen LogP contribution in [0.2, 0.25) is 0 Å². The summed E-state index contributed by atoms with van der Waals surface area (Å²) in [6, 6.07) is 9.43. The number of aryl methyl sites for hydroxylation is 1. The number of rotatable bonds is 4. The monoisotopic (exact) mass is 353 g/mol. The largest absolute Gasteiger partial charge is 0.378 e. The molecule has 1 aromatic heterocycles. The number of benzene rings is 1. The maximum atomic E-state index is 13.0. The van der Waals surface area contributed by atoms with Crippen molar-refractivity contribution in [3.63, 3.8) is 0 Å². The lowest BCUT2D eigenvalue weighted by molar-refractivity contribution is 0.0302. The molecule has 2 aromatic rings. The Morgan fingerprint density at radius 2 is 1.88 bits per heavy atom. The van der Waals surface area contributed by atoms with Crippen LogP contribution < -0.4 is 4.90 Å². The molecule has 6 nitrogen and oxygen atoms in total. The Morgan fingerprint density at radius 1 is 1.15 bits per heavy atom. The maximum absolute atomic E-state index is 13.0. The van der Waals surface area contributed by atoms with Crippen LogP contribution in [0.1, 0.15) is 33.2 Å². The molecule has 0 unspecified atom stereocenters. The Kier molecular flexibility index (Phi) is 5.63. The highest BCUT2D eigenvalue weighted by Crippen LogP contribution is 2.19. The highest BCUT2D eigenvalue weighted by Gasteiger charge is 2.22. The third-order valence-corrected chi connectivity index (χ3v) is 4.41. The van der Waals surface area contributed by atoms with E-state index in [0.29, 0.717) is 44.0 Å². The van der Waals surface area contributed by atoms with Crippen LogP contribution in [0, 0.1) is 6.92 Å². The first-order valence-corrected chi connectivity index (χ1v) is 8.80. The number of ether oxygens (including phenoxy) is 1. The number of hydrogen-bond acceptors (Lipinski definition) is 4. The number of carbonyl (C=O) groups is 2. The van der Waals surface area contributed by atoms with Crippen molar-refractivity contribution >= 4 is 17.5 Å². The summed E-state index contributed by atoms with van der Waals surface area (Å²) in [5, 5.41) is 0. The molecule has 1 aromatic carbocycles. The van der Waals surface area contributed by atoms with Crippen molar-refractivity contribution in [1.82, 2.24) is 9.88 Å². The van der Waals surface area contributed by atoms with Gasteiger partial charge in [0.2, 0.25) is 0 Å². The number of hydrogen-bond donors (Lipinski definition) is 0. The fourth-order valence-corrected chi connectivity index (χ4v) is 3.02. The first kappa shape index (κ1) is 18.1. The molecule has 0 atom stereocenters. The van der Waals surface area contributed by atoms with Crippen LogP contribution in [0.4, 0.5) is 5.69 Å². The lowest BCUT2D eigenvalue weighted by atomic mass is 10.1. The normalized spacial score (nSPS) is 14.2. The molecule has 2 heterocycles. The Hall–Kier alpha value is -2.73. The summed E-state index contributed by atoms with van der Waals surface area (Å²) in [7, 11) is 0. The van der Waals surface area contributed by atoms with E-state index >= 15 is 0 Å². The summed E-state index contributed by atoms with van der Waals surface area (Å²) in [6.45, 7) is 6.64. The van der Waals surface area contributed by atoms with Crippen molar-refractivity contribution in [2.75, 3.05) is 37.7 Å². The van der Waals surface area contributed by atoms with E-state index in [1.165, 1.54) is 12.4 Å².